The zero-order valence-electron chi connectivity index (χ0n) is 19.5. The van der Waals surface area contributed by atoms with Gasteiger partial charge in [-0.25, -0.2) is 0 Å². The summed E-state index contributed by atoms with van der Waals surface area (Å²) in [5.74, 6) is 0.626. The van der Waals surface area contributed by atoms with E-state index < -0.39 is 0 Å². The molecule has 2 aromatic rings. The van der Waals surface area contributed by atoms with E-state index in [1.54, 1.807) is 7.11 Å². The molecule has 6 heteroatoms. The molecule has 0 aliphatic carbocycles. The van der Waals surface area contributed by atoms with E-state index in [-0.39, 0.29) is 23.8 Å². The van der Waals surface area contributed by atoms with Crippen LogP contribution in [0.1, 0.15) is 42.9 Å². The largest absolute Gasteiger partial charge is 0.497 e. The minimum Gasteiger partial charge on any atom is -0.497 e. The van der Waals surface area contributed by atoms with Crippen LogP contribution in [0.3, 0.4) is 0 Å². The quantitative estimate of drug-likeness (QED) is 0.637. The van der Waals surface area contributed by atoms with Gasteiger partial charge in [-0.15, -0.1) is 0 Å². The second-order valence-electron chi connectivity index (χ2n) is 9.11. The lowest BCUT2D eigenvalue weighted by atomic mass is 10.0. The van der Waals surface area contributed by atoms with Crippen molar-refractivity contribution in [2.75, 3.05) is 39.8 Å². The predicted octanol–water partition coefficient (Wildman–Crippen LogP) is 3.43. The van der Waals surface area contributed by atoms with Gasteiger partial charge in [0.25, 0.3) is 0 Å². The Labute approximate surface area is 196 Å². The van der Waals surface area contributed by atoms with Crippen LogP contribution < -0.4 is 10.1 Å². The molecule has 2 atom stereocenters. The van der Waals surface area contributed by atoms with Crippen LogP contribution >= 0.6 is 0 Å². The molecule has 1 N–H and O–H groups in total. The number of nitrogens with one attached hydrogen (secondary N) is 1. The number of benzene rings is 2. The molecule has 2 aliphatic rings. The van der Waals surface area contributed by atoms with E-state index in [2.05, 4.69) is 34.5 Å². The summed E-state index contributed by atoms with van der Waals surface area (Å²) < 4.78 is 5.31. The fourth-order valence-electron chi connectivity index (χ4n) is 4.93. The molecule has 0 saturated carbocycles. The van der Waals surface area contributed by atoms with Crippen LogP contribution in [0.25, 0.3) is 0 Å². The Morgan fingerprint density at radius 1 is 1.06 bits per heavy atom. The smallest absolute Gasteiger partial charge is 0.225 e. The van der Waals surface area contributed by atoms with E-state index in [4.69, 9.17) is 4.74 Å². The van der Waals surface area contributed by atoms with Gasteiger partial charge in [-0.1, -0.05) is 48.9 Å². The molecule has 0 bridgehead atoms. The number of piperidine rings is 1. The molecule has 2 amide bonds. The second kappa shape index (κ2) is 11.3. The van der Waals surface area contributed by atoms with E-state index in [1.807, 2.05) is 35.2 Å². The summed E-state index contributed by atoms with van der Waals surface area (Å²) in [7, 11) is 1.67. The minimum atomic E-state index is -0.272. The van der Waals surface area contributed by atoms with Crippen LogP contribution in [0.5, 0.6) is 5.75 Å². The molecule has 2 unspecified atom stereocenters. The molecule has 4 rings (SSSR count). The zero-order valence-corrected chi connectivity index (χ0v) is 19.5. The van der Waals surface area contributed by atoms with E-state index >= 15 is 0 Å². The summed E-state index contributed by atoms with van der Waals surface area (Å²) in [4.78, 5) is 29.8. The van der Waals surface area contributed by atoms with Gasteiger partial charge >= 0.3 is 0 Å². The average molecular weight is 450 g/mol. The van der Waals surface area contributed by atoms with Crippen LogP contribution in [0.4, 0.5) is 0 Å². The SMILES string of the molecule is COc1ccc(C(CNC(=O)C2CC(=O)N(CCc3ccccc3)C2)N2CCCCC2)cc1. The normalized spacial score (nSPS) is 20.0. The Hall–Kier alpha value is -2.86. The summed E-state index contributed by atoms with van der Waals surface area (Å²) in [6.07, 6.45) is 4.76. The highest BCUT2D eigenvalue weighted by Crippen LogP contribution is 2.26. The summed E-state index contributed by atoms with van der Waals surface area (Å²) in [6, 6.07) is 18.4. The molecule has 6 nitrogen and oxygen atoms in total. The summed E-state index contributed by atoms with van der Waals surface area (Å²) in [5, 5.41) is 3.17. The number of methoxy groups -OCH3 is 1. The van der Waals surface area contributed by atoms with Gasteiger partial charge in [0.15, 0.2) is 0 Å². The first-order valence-corrected chi connectivity index (χ1v) is 12.1. The van der Waals surface area contributed by atoms with Gasteiger partial charge in [-0.2, -0.15) is 0 Å². The molecule has 2 saturated heterocycles. The summed E-state index contributed by atoms with van der Waals surface area (Å²) in [5.41, 5.74) is 2.40. The van der Waals surface area contributed by atoms with Gasteiger partial charge in [0.2, 0.25) is 11.8 Å². The van der Waals surface area contributed by atoms with Gasteiger partial charge in [0, 0.05) is 26.1 Å². The molecule has 2 fully saturated rings. The first kappa shape index (κ1) is 23.3. The molecule has 2 heterocycles. The standard InChI is InChI=1S/C27H35N3O3/c1-33-24-12-10-22(11-13-24)25(29-15-6-3-7-16-29)19-28-27(32)23-18-26(31)30(20-23)17-14-21-8-4-2-5-9-21/h2,4-5,8-13,23,25H,3,6-7,14-20H2,1H3,(H,28,32). The minimum absolute atomic E-state index is 0.0129. The Morgan fingerprint density at radius 2 is 1.79 bits per heavy atom. The van der Waals surface area contributed by atoms with E-state index in [0.717, 1.165) is 25.3 Å². The number of carbonyl (C=O) groups excluding carboxylic acids is 2. The lowest BCUT2D eigenvalue weighted by molar-refractivity contribution is -0.129. The van der Waals surface area contributed by atoms with Crippen molar-refractivity contribution in [3.63, 3.8) is 0 Å². The number of amides is 2. The highest BCUT2D eigenvalue weighted by atomic mass is 16.5. The van der Waals surface area contributed by atoms with Crippen molar-refractivity contribution < 1.29 is 14.3 Å². The van der Waals surface area contributed by atoms with Gasteiger partial charge in [0.05, 0.1) is 19.1 Å². The maximum atomic E-state index is 13.0. The van der Waals surface area contributed by atoms with Gasteiger partial charge < -0.3 is 15.0 Å². The van der Waals surface area contributed by atoms with Gasteiger partial charge in [-0.05, 0) is 55.6 Å². The monoisotopic (exact) mass is 449 g/mol. The van der Waals surface area contributed by atoms with Crippen molar-refractivity contribution >= 4 is 11.8 Å². The maximum Gasteiger partial charge on any atom is 0.225 e. The third kappa shape index (κ3) is 6.14. The number of likely N-dealkylation sites (tertiary alicyclic amines) is 2. The zero-order chi connectivity index (χ0) is 23.0. The topological polar surface area (TPSA) is 61.9 Å². The number of nitrogens with zero attached hydrogens (tertiary/aromatic N) is 2. The van der Waals surface area contributed by atoms with Crippen LogP contribution in [0.15, 0.2) is 54.6 Å². The molecule has 0 spiro atoms. The third-order valence-corrected chi connectivity index (χ3v) is 6.90. The van der Waals surface area contributed by atoms with E-state index in [0.29, 0.717) is 26.1 Å². The lowest BCUT2D eigenvalue weighted by Gasteiger charge is -2.35. The fourth-order valence-corrected chi connectivity index (χ4v) is 4.93. The Kier molecular flexibility index (Phi) is 8.00. The van der Waals surface area contributed by atoms with Crippen LogP contribution in [-0.2, 0) is 16.0 Å². The first-order chi connectivity index (χ1) is 16.1. The van der Waals surface area contributed by atoms with Crippen LogP contribution in [0, 0.1) is 5.92 Å². The number of ether oxygens (including phenoxy) is 1. The van der Waals surface area contributed by atoms with Crippen molar-refractivity contribution in [3.05, 3.63) is 65.7 Å². The predicted molar refractivity (Wildman–Crippen MR) is 129 cm³/mol. The molecular weight excluding hydrogens is 414 g/mol. The molecular formula is C27H35N3O3. The van der Waals surface area contributed by atoms with Crippen LogP contribution in [0.2, 0.25) is 0 Å². The number of hydrogen-bond donors (Lipinski definition) is 1. The second-order valence-corrected chi connectivity index (χ2v) is 9.11. The Bertz CT molecular complexity index is 910. The van der Waals surface area contributed by atoms with E-state index in [9.17, 15) is 9.59 Å². The molecule has 0 aromatic heterocycles. The Morgan fingerprint density at radius 3 is 2.48 bits per heavy atom. The number of rotatable bonds is 9. The molecule has 2 aliphatic heterocycles. The van der Waals surface area contributed by atoms with Crippen molar-refractivity contribution in [2.45, 2.75) is 38.1 Å². The first-order valence-electron chi connectivity index (χ1n) is 12.1. The van der Waals surface area contributed by atoms with Crippen molar-refractivity contribution in [1.29, 1.82) is 0 Å². The molecule has 176 valence electrons. The fraction of sp³-hybridized carbons (Fsp3) is 0.481. The maximum absolute atomic E-state index is 13.0. The summed E-state index contributed by atoms with van der Waals surface area (Å²) in [6.45, 7) is 3.81. The number of carbonyl (C=O) groups is 2. The van der Waals surface area contributed by atoms with Crippen molar-refractivity contribution in [2.24, 2.45) is 5.92 Å². The van der Waals surface area contributed by atoms with Crippen molar-refractivity contribution in [3.8, 4) is 5.75 Å². The van der Waals surface area contributed by atoms with E-state index in [1.165, 1.54) is 30.4 Å². The molecule has 0 radical (unpaired) electrons. The average Bonchev–Trinajstić information content (AvgIpc) is 3.25. The van der Waals surface area contributed by atoms with Crippen LogP contribution in [-0.4, -0.2) is 61.4 Å². The Balaban J connectivity index is 1.34. The third-order valence-electron chi connectivity index (χ3n) is 6.90. The van der Waals surface area contributed by atoms with Gasteiger partial charge in [-0.3, -0.25) is 14.5 Å². The highest BCUT2D eigenvalue weighted by molar-refractivity contribution is 5.89. The van der Waals surface area contributed by atoms with Crippen molar-refractivity contribution in [1.82, 2.24) is 15.1 Å². The summed E-state index contributed by atoms with van der Waals surface area (Å²) >= 11 is 0. The highest BCUT2D eigenvalue weighted by Gasteiger charge is 2.34. The number of hydrogen-bond acceptors (Lipinski definition) is 4. The van der Waals surface area contributed by atoms with Gasteiger partial charge in [0.1, 0.15) is 5.75 Å². The molecule has 2 aromatic carbocycles. The molecule has 33 heavy (non-hydrogen) atoms. The lowest BCUT2D eigenvalue weighted by Crippen LogP contribution is -2.42.